The van der Waals surface area contributed by atoms with Gasteiger partial charge in [0.05, 0.1) is 6.54 Å². The van der Waals surface area contributed by atoms with E-state index in [2.05, 4.69) is 28.8 Å². The van der Waals surface area contributed by atoms with Gasteiger partial charge in [0.2, 0.25) is 0 Å². The lowest BCUT2D eigenvalue weighted by Gasteiger charge is -2.24. The third-order valence-corrected chi connectivity index (χ3v) is 3.92. The van der Waals surface area contributed by atoms with Crippen LogP contribution in [0.5, 0.6) is 0 Å². The van der Waals surface area contributed by atoms with E-state index < -0.39 is 0 Å². The molecule has 1 saturated heterocycles. The zero-order valence-corrected chi connectivity index (χ0v) is 12.1. The number of likely N-dealkylation sites (tertiary alicyclic amines) is 1. The van der Waals surface area contributed by atoms with Gasteiger partial charge in [0.1, 0.15) is 12.2 Å². The first-order valence-electron chi connectivity index (χ1n) is 6.90. The highest BCUT2D eigenvalue weighted by Crippen LogP contribution is 2.23. The Balaban J connectivity index is 1.97. The predicted octanol–water partition coefficient (Wildman–Crippen LogP) is 2.84. The number of halogens is 1. The van der Waals surface area contributed by atoms with Crippen molar-refractivity contribution in [3.05, 3.63) is 12.2 Å². The Morgan fingerprint density at radius 3 is 3.06 bits per heavy atom. The third kappa shape index (κ3) is 3.23. The summed E-state index contributed by atoms with van der Waals surface area (Å²) in [7, 11) is 0. The number of hydrogen-bond donors (Lipinski definition) is 0. The topological polar surface area (TPSA) is 34.0 Å². The Kier molecular flexibility index (Phi) is 5.01. The first-order valence-corrected chi connectivity index (χ1v) is 7.44. The number of hydrogen-bond acceptors (Lipinski definition) is 3. The molecule has 1 fully saturated rings. The standard InChI is InChI=1S/C13H23ClN4/c1-11(2)18-13(15-10-16-18)9-17-8-4-6-12(17)5-3-7-14/h10-12H,3-9H2,1-2H3. The summed E-state index contributed by atoms with van der Waals surface area (Å²) in [4.78, 5) is 6.94. The van der Waals surface area contributed by atoms with Gasteiger partial charge in [-0.3, -0.25) is 4.90 Å². The average molecular weight is 271 g/mol. The van der Waals surface area contributed by atoms with Crippen LogP contribution in [-0.2, 0) is 6.54 Å². The lowest BCUT2D eigenvalue weighted by atomic mass is 10.1. The molecule has 0 spiro atoms. The molecule has 2 heterocycles. The lowest BCUT2D eigenvalue weighted by molar-refractivity contribution is 0.222. The van der Waals surface area contributed by atoms with E-state index >= 15 is 0 Å². The summed E-state index contributed by atoms with van der Waals surface area (Å²) in [6.07, 6.45) is 6.58. The minimum Gasteiger partial charge on any atom is -0.293 e. The van der Waals surface area contributed by atoms with Crippen LogP contribution in [0.15, 0.2) is 6.33 Å². The van der Waals surface area contributed by atoms with E-state index in [1.165, 1.54) is 25.8 Å². The number of aromatic nitrogens is 3. The minimum atomic E-state index is 0.381. The second-order valence-electron chi connectivity index (χ2n) is 5.31. The Hall–Kier alpha value is -0.610. The van der Waals surface area contributed by atoms with Crippen molar-refractivity contribution in [1.82, 2.24) is 19.7 Å². The SMILES string of the molecule is CC(C)n1ncnc1CN1CCCC1CCCCl. The van der Waals surface area contributed by atoms with Crippen LogP contribution < -0.4 is 0 Å². The molecule has 0 aliphatic carbocycles. The molecule has 102 valence electrons. The van der Waals surface area contributed by atoms with E-state index in [0.717, 1.165) is 24.7 Å². The van der Waals surface area contributed by atoms with E-state index in [1.807, 2.05) is 4.68 Å². The van der Waals surface area contributed by atoms with Crippen LogP contribution in [0, 0.1) is 0 Å². The molecule has 0 aromatic carbocycles. The predicted molar refractivity (Wildman–Crippen MR) is 73.8 cm³/mol. The maximum Gasteiger partial charge on any atom is 0.141 e. The molecule has 4 nitrogen and oxygen atoms in total. The molecule has 1 aromatic heterocycles. The van der Waals surface area contributed by atoms with Crippen molar-refractivity contribution < 1.29 is 0 Å². The van der Waals surface area contributed by atoms with Crippen LogP contribution in [-0.4, -0.2) is 38.1 Å². The molecule has 1 aliphatic rings. The molecule has 18 heavy (non-hydrogen) atoms. The summed E-state index contributed by atoms with van der Waals surface area (Å²) in [6.45, 7) is 6.39. The largest absolute Gasteiger partial charge is 0.293 e. The molecule has 1 aliphatic heterocycles. The van der Waals surface area contributed by atoms with Gasteiger partial charge in [-0.15, -0.1) is 11.6 Å². The Morgan fingerprint density at radius 2 is 2.33 bits per heavy atom. The average Bonchev–Trinajstić information content (AvgIpc) is 2.96. The van der Waals surface area contributed by atoms with Crippen LogP contribution in [0.2, 0.25) is 0 Å². The molecule has 0 saturated carbocycles. The van der Waals surface area contributed by atoms with Gasteiger partial charge in [-0.05, 0) is 46.1 Å². The molecule has 1 atom stereocenters. The fourth-order valence-electron chi connectivity index (χ4n) is 2.74. The number of nitrogens with zero attached hydrogens (tertiary/aromatic N) is 4. The molecule has 1 unspecified atom stereocenters. The molecule has 2 rings (SSSR count). The fourth-order valence-corrected chi connectivity index (χ4v) is 2.90. The van der Waals surface area contributed by atoms with Gasteiger partial charge in [-0.1, -0.05) is 0 Å². The van der Waals surface area contributed by atoms with Crippen molar-refractivity contribution in [3.63, 3.8) is 0 Å². The Bertz CT molecular complexity index is 364. The van der Waals surface area contributed by atoms with Gasteiger partial charge in [-0.2, -0.15) is 5.10 Å². The normalized spacial score (nSPS) is 21.0. The Morgan fingerprint density at radius 1 is 1.50 bits per heavy atom. The molecular weight excluding hydrogens is 248 g/mol. The maximum atomic E-state index is 5.79. The summed E-state index contributed by atoms with van der Waals surface area (Å²) >= 11 is 5.79. The zero-order valence-electron chi connectivity index (χ0n) is 11.3. The van der Waals surface area contributed by atoms with Gasteiger partial charge in [0, 0.05) is 18.0 Å². The van der Waals surface area contributed by atoms with Crippen molar-refractivity contribution in [2.24, 2.45) is 0 Å². The second-order valence-corrected chi connectivity index (χ2v) is 5.69. The van der Waals surface area contributed by atoms with Crippen LogP contribution in [0.25, 0.3) is 0 Å². The zero-order chi connectivity index (χ0) is 13.0. The highest BCUT2D eigenvalue weighted by atomic mass is 35.5. The van der Waals surface area contributed by atoms with Crippen molar-refractivity contribution in [2.45, 2.75) is 58.2 Å². The monoisotopic (exact) mass is 270 g/mol. The van der Waals surface area contributed by atoms with Gasteiger partial charge < -0.3 is 0 Å². The van der Waals surface area contributed by atoms with Crippen LogP contribution >= 0.6 is 11.6 Å². The van der Waals surface area contributed by atoms with Gasteiger partial charge in [0.25, 0.3) is 0 Å². The molecular formula is C13H23ClN4. The van der Waals surface area contributed by atoms with Crippen LogP contribution in [0.4, 0.5) is 0 Å². The first-order chi connectivity index (χ1) is 8.72. The molecule has 0 amide bonds. The molecule has 5 heteroatoms. The minimum absolute atomic E-state index is 0.381. The number of rotatable bonds is 6. The third-order valence-electron chi connectivity index (χ3n) is 3.65. The maximum absolute atomic E-state index is 5.79. The summed E-state index contributed by atoms with van der Waals surface area (Å²) < 4.78 is 2.02. The summed E-state index contributed by atoms with van der Waals surface area (Å²) in [5, 5.41) is 4.30. The quantitative estimate of drug-likeness (QED) is 0.746. The number of alkyl halides is 1. The highest BCUT2D eigenvalue weighted by molar-refractivity contribution is 6.17. The van der Waals surface area contributed by atoms with Gasteiger partial charge in [0.15, 0.2) is 0 Å². The van der Waals surface area contributed by atoms with Crippen molar-refractivity contribution in [2.75, 3.05) is 12.4 Å². The first kappa shape index (κ1) is 13.8. The molecule has 0 bridgehead atoms. The van der Waals surface area contributed by atoms with E-state index in [9.17, 15) is 0 Å². The summed E-state index contributed by atoms with van der Waals surface area (Å²) in [5.74, 6) is 1.86. The van der Waals surface area contributed by atoms with Crippen molar-refractivity contribution in [3.8, 4) is 0 Å². The second kappa shape index (κ2) is 6.53. The summed E-state index contributed by atoms with van der Waals surface area (Å²) in [5.41, 5.74) is 0. The van der Waals surface area contributed by atoms with E-state index in [-0.39, 0.29) is 0 Å². The van der Waals surface area contributed by atoms with Crippen LogP contribution in [0.1, 0.15) is 51.4 Å². The van der Waals surface area contributed by atoms with E-state index in [0.29, 0.717) is 12.1 Å². The van der Waals surface area contributed by atoms with E-state index in [4.69, 9.17) is 11.6 Å². The molecule has 1 aromatic rings. The molecule has 0 radical (unpaired) electrons. The Labute approximate surface area is 114 Å². The molecule has 0 N–H and O–H groups in total. The fraction of sp³-hybridized carbons (Fsp3) is 0.846. The lowest BCUT2D eigenvalue weighted by Crippen LogP contribution is -2.30. The van der Waals surface area contributed by atoms with E-state index in [1.54, 1.807) is 6.33 Å². The smallest absolute Gasteiger partial charge is 0.141 e. The van der Waals surface area contributed by atoms with Crippen molar-refractivity contribution >= 4 is 11.6 Å². The van der Waals surface area contributed by atoms with Crippen molar-refractivity contribution in [1.29, 1.82) is 0 Å². The van der Waals surface area contributed by atoms with Gasteiger partial charge >= 0.3 is 0 Å². The van der Waals surface area contributed by atoms with Gasteiger partial charge in [-0.25, -0.2) is 9.67 Å². The van der Waals surface area contributed by atoms with Crippen LogP contribution in [0.3, 0.4) is 0 Å². The highest BCUT2D eigenvalue weighted by Gasteiger charge is 2.25. The summed E-state index contributed by atoms with van der Waals surface area (Å²) in [6, 6.07) is 1.06.